The predicted octanol–water partition coefficient (Wildman–Crippen LogP) is 2.90. The van der Waals surface area contributed by atoms with Gasteiger partial charge in [0.2, 0.25) is 0 Å². The minimum Gasteiger partial charge on any atom is -0.494 e. The molecule has 0 heterocycles. The summed E-state index contributed by atoms with van der Waals surface area (Å²) in [6.07, 6.45) is 5.40. The zero-order valence-electron chi connectivity index (χ0n) is 10.7. The van der Waals surface area contributed by atoms with Crippen molar-refractivity contribution < 1.29 is 9.13 Å². The highest BCUT2D eigenvalue weighted by molar-refractivity contribution is 5.31. The third kappa shape index (κ3) is 3.47. The molecule has 1 unspecified atom stereocenters. The van der Waals surface area contributed by atoms with Crippen LogP contribution in [0.5, 0.6) is 5.75 Å². The van der Waals surface area contributed by atoms with E-state index in [9.17, 15) is 4.39 Å². The molecule has 0 amide bonds. The summed E-state index contributed by atoms with van der Waals surface area (Å²) in [6, 6.07) is 4.88. The number of terminal acetylenes is 1. The van der Waals surface area contributed by atoms with E-state index < -0.39 is 5.54 Å². The van der Waals surface area contributed by atoms with Crippen LogP contribution in [0.1, 0.15) is 32.4 Å². The predicted molar refractivity (Wildman–Crippen MR) is 67.4 cm³/mol. The quantitative estimate of drug-likeness (QED) is 0.810. The molecule has 1 aromatic carbocycles. The highest BCUT2D eigenvalue weighted by Gasteiger charge is 2.18. The van der Waals surface area contributed by atoms with Gasteiger partial charge in [0.1, 0.15) is 0 Å². The van der Waals surface area contributed by atoms with Gasteiger partial charge < -0.3 is 4.74 Å². The first-order valence-electron chi connectivity index (χ1n) is 5.48. The normalized spacial score (nSPS) is 12.9. The van der Waals surface area contributed by atoms with Crippen LogP contribution in [0.3, 0.4) is 0 Å². The number of ether oxygens (including phenoxy) is 1. The van der Waals surface area contributed by atoms with Crippen molar-refractivity contribution >= 4 is 0 Å². The van der Waals surface area contributed by atoms with E-state index in [1.807, 2.05) is 26.8 Å². The summed E-state index contributed by atoms with van der Waals surface area (Å²) in [5, 5.41) is 3.24. The van der Waals surface area contributed by atoms with Gasteiger partial charge in [-0.05, 0) is 38.5 Å². The molecule has 1 atom stereocenters. The molecule has 0 saturated carbocycles. The van der Waals surface area contributed by atoms with Crippen molar-refractivity contribution in [3.63, 3.8) is 0 Å². The number of nitrogens with one attached hydrogen (secondary N) is 1. The maximum Gasteiger partial charge on any atom is 0.165 e. The average molecular weight is 235 g/mol. The maximum absolute atomic E-state index is 13.5. The Labute approximate surface area is 102 Å². The minimum absolute atomic E-state index is 0.0264. The van der Waals surface area contributed by atoms with E-state index >= 15 is 0 Å². The largest absolute Gasteiger partial charge is 0.494 e. The second-order valence-corrected chi connectivity index (χ2v) is 4.53. The Hall–Kier alpha value is -1.53. The number of methoxy groups -OCH3 is 1. The van der Waals surface area contributed by atoms with E-state index in [2.05, 4.69) is 11.2 Å². The Balaban J connectivity index is 2.87. The molecule has 0 saturated heterocycles. The van der Waals surface area contributed by atoms with E-state index in [1.54, 1.807) is 6.07 Å². The van der Waals surface area contributed by atoms with E-state index in [1.165, 1.54) is 13.2 Å². The Morgan fingerprint density at radius 1 is 1.47 bits per heavy atom. The molecule has 17 heavy (non-hydrogen) atoms. The number of hydrogen-bond donors (Lipinski definition) is 1. The summed E-state index contributed by atoms with van der Waals surface area (Å²) >= 11 is 0. The lowest BCUT2D eigenvalue weighted by Crippen LogP contribution is -2.39. The number of rotatable bonds is 4. The molecular formula is C14H18FNO. The number of halogens is 1. The molecule has 3 heteroatoms. The second-order valence-electron chi connectivity index (χ2n) is 4.53. The van der Waals surface area contributed by atoms with Crippen molar-refractivity contribution in [2.24, 2.45) is 0 Å². The van der Waals surface area contributed by atoms with Crippen molar-refractivity contribution in [1.29, 1.82) is 0 Å². The molecule has 1 aromatic rings. The maximum atomic E-state index is 13.5. The fraction of sp³-hybridized carbons (Fsp3) is 0.429. The molecule has 0 aliphatic heterocycles. The van der Waals surface area contributed by atoms with Gasteiger partial charge in [0.05, 0.1) is 12.6 Å². The lowest BCUT2D eigenvalue weighted by Gasteiger charge is -2.25. The molecule has 92 valence electrons. The Morgan fingerprint density at radius 3 is 2.59 bits per heavy atom. The second kappa shape index (κ2) is 5.20. The molecule has 1 rings (SSSR count). The molecule has 0 fully saturated rings. The summed E-state index contributed by atoms with van der Waals surface area (Å²) < 4.78 is 18.4. The number of benzene rings is 1. The van der Waals surface area contributed by atoms with E-state index in [0.29, 0.717) is 0 Å². The van der Waals surface area contributed by atoms with Gasteiger partial charge in [0.15, 0.2) is 11.6 Å². The monoisotopic (exact) mass is 235 g/mol. The first-order valence-corrected chi connectivity index (χ1v) is 5.48. The first kappa shape index (κ1) is 13.5. The number of hydrogen-bond acceptors (Lipinski definition) is 2. The van der Waals surface area contributed by atoms with E-state index in [-0.39, 0.29) is 17.6 Å². The van der Waals surface area contributed by atoms with Crippen LogP contribution in [0.4, 0.5) is 4.39 Å². The summed E-state index contributed by atoms with van der Waals surface area (Å²) in [5.41, 5.74) is 0.419. The van der Waals surface area contributed by atoms with Crippen LogP contribution >= 0.6 is 0 Å². The van der Waals surface area contributed by atoms with Gasteiger partial charge in [-0.1, -0.05) is 12.0 Å². The molecule has 0 spiro atoms. The van der Waals surface area contributed by atoms with Crippen LogP contribution in [0.2, 0.25) is 0 Å². The zero-order chi connectivity index (χ0) is 13.1. The van der Waals surface area contributed by atoms with Gasteiger partial charge in [0, 0.05) is 6.04 Å². The van der Waals surface area contributed by atoms with Gasteiger partial charge in [-0.15, -0.1) is 6.42 Å². The van der Waals surface area contributed by atoms with Gasteiger partial charge in [-0.3, -0.25) is 5.32 Å². The highest BCUT2D eigenvalue weighted by atomic mass is 19.1. The molecule has 0 bridgehead atoms. The summed E-state index contributed by atoms with van der Waals surface area (Å²) in [5.74, 6) is 2.53. The third-order valence-corrected chi connectivity index (χ3v) is 2.61. The van der Waals surface area contributed by atoms with E-state index in [4.69, 9.17) is 11.2 Å². The summed E-state index contributed by atoms with van der Waals surface area (Å²) in [4.78, 5) is 0. The van der Waals surface area contributed by atoms with Crippen LogP contribution in [0.25, 0.3) is 0 Å². The van der Waals surface area contributed by atoms with Gasteiger partial charge >= 0.3 is 0 Å². The van der Waals surface area contributed by atoms with Gasteiger partial charge in [-0.2, -0.15) is 0 Å². The lowest BCUT2D eigenvalue weighted by atomic mass is 10.0. The van der Waals surface area contributed by atoms with Crippen molar-refractivity contribution in [2.45, 2.75) is 32.4 Å². The fourth-order valence-electron chi connectivity index (χ4n) is 1.62. The standard InChI is InChI=1S/C14H18FNO/c1-6-14(3,4)16-10(2)11-7-8-13(17-5)12(15)9-11/h1,7-10,16H,2-5H3. The Bertz CT molecular complexity index is 434. The highest BCUT2D eigenvalue weighted by Crippen LogP contribution is 2.22. The molecule has 0 aliphatic rings. The SMILES string of the molecule is C#CC(C)(C)NC(C)c1ccc(OC)c(F)c1. The zero-order valence-corrected chi connectivity index (χ0v) is 10.7. The van der Waals surface area contributed by atoms with Crippen molar-refractivity contribution in [2.75, 3.05) is 7.11 Å². The van der Waals surface area contributed by atoms with Crippen LogP contribution in [-0.4, -0.2) is 12.6 Å². The molecule has 0 aliphatic carbocycles. The minimum atomic E-state index is -0.421. The Morgan fingerprint density at radius 2 is 2.12 bits per heavy atom. The van der Waals surface area contributed by atoms with Crippen LogP contribution in [0.15, 0.2) is 18.2 Å². The summed E-state index contributed by atoms with van der Waals surface area (Å²) in [6.45, 7) is 5.76. The molecule has 0 radical (unpaired) electrons. The van der Waals surface area contributed by atoms with Crippen molar-refractivity contribution in [3.8, 4) is 18.1 Å². The third-order valence-electron chi connectivity index (χ3n) is 2.61. The summed E-state index contributed by atoms with van der Waals surface area (Å²) in [7, 11) is 1.45. The topological polar surface area (TPSA) is 21.3 Å². The van der Waals surface area contributed by atoms with Crippen LogP contribution in [0, 0.1) is 18.2 Å². The molecule has 0 aromatic heterocycles. The smallest absolute Gasteiger partial charge is 0.165 e. The lowest BCUT2D eigenvalue weighted by molar-refractivity contribution is 0.384. The molecule has 2 nitrogen and oxygen atoms in total. The van der Waals surface area contributed by atoms with E-state index in [0.717, 1.165) is 5.56 Å². The Kier molecular flexibility index (Phi) is 4.14. The van der Waals surface area contributed by atoms with Crippen molar-refractivity contribution in [1.82, 2.24) is 5.32 Å². The fourth-order valence-corrected chi connectivity index (χ4v) is 1.62. The van der Waals surface area contributed by atoms with Crippen LogP contribution in [-0.2, 0) is 0 Å². The average Bonchev–Trinajstić information content (AvgIpc) is 2.28. The molecular weight excluding hydrogens is 217 g/mol. The van der Waals surface area contributed by atoms with Gasteiger partial charge in [0.25, 0.3) is 0 Å². The van der Waals surface area contributed by atoms with Crippen molar-refractivity contribution in [3.05, 3.63) is 29.6 Å². The molecule has 1 N–H and O–H groups in total. The van der Waals surface area contributed by atoms with Crippen LogP contribution < -0.4 is 10.1 Å². The first-order chi connectivity index (χ1) is 7.89. The van der Waals surface area contributed by atoms with Gasteiger partial charge in [-0.25, -0.2) is 4.39 Å².